The van der Waals surface area contributed by atoms with Crippen LogP contribution in [0.25, 0.3) is 0 Å². The Hall–Kier alpha value is -2.63. The largest absolute Gasteiger partial charge is 0.361 e. The molecule has 0 saturated carbocycles. The van der Waals surface area contributed by atoms with Crippen LogP contribution in [0.15, 0.2) is 22.7 Å². The van der Waals surface area contributed by atoms with Gasteiger partial charge in [0.15, 0.2) is 0 Å². The summed E-state index contributed by atoms with van der Waals surface area (Å²) in [4.78, 5) is 23.8. The molecular weight excluding hydrogens is 294 g/mol. The zero-order valence-corrected chi connectivity index (χ0v) is 13.4. The van der Waals surface area contributed by atoms with E-state index in [4.69, 9.17) is 4.52 Å². The summed E-state index contributed by atoms with van der Waals surface area (Å²) < 4.78 is 5.04. The molecule has 1 aliphatic heterocycles. The minimum Gasteiger partial charge on any atom is -0.361 e. The van der Waals surface area contributed by atoms with Crippen molar-refractivity contribution in [2.24, 2.45) is 0 Å². The predicted molar refractivity (Wildman–Crippen MR) is 85.3 cm³/mol. The Bertz CT molecular complexity index is 760. The van der Waals surface area contributed by atoms with Gasteiger partial charge >= 0.3 is 0 Å². The quantitative estimate of drug-likeness (QED) is 0.912. The highest BCUT2D eigenvalue weighted by atomic mass is 16.5. The molecule has 1 atom stereocenters. The van der Waals surface area contributed by atoms with Crippen molar-refractivity contribution in [3.8, 4) is 0 Å². The summed E-state index contributed by atoms with van der Waals surface area (Å²) in [5.41, 5.74) is 4.03. The van der Waals surface area contributed by atoms with Gasteiger partial charge in [0.1, 0.15) is 11.3 Å². The van der Waals surface area contributed by atoms with Crippen molar-refractivity contribution < 1.29 is 14.1 Å². The van der Waals surface area contributed by atoms with E-state index in [1.165, 1.54) is 0 Å². The highest BCUT2D eigenvalue weighted by molar-refractivity contribution is 5.96. The van der Waals surface area contributed by atoms with Gasteiger partial charge in [-0.2, -0.15) is 0 Å². The van der Waals surface area contributed by atoms with E-state index in [1.807, 2.05) is 25.1 Å². The molecule has 23 heavy (non-hydrogen) atoms. The predicted octanol–water partition coefficient (Wildman–Crippen LogP) is 2.67. The minimum atomic E-state index is -0.195. The number of anilines is 1. The van der Waals surface area contributed by atoms with Crippen LogP contribution in [0, 0.1) is 13.8 Å². The highest BCUT2D eigenvalue weighted by Gasteiger charge is 2.21. The summed E-state index contributed by atoms with van der Waals surface area (Å²) in [5.74, 6) is 0.366. The minimum absolute atomic E-state index is 0.0463. The van der Waals surface area contributed by atoms with E-state index < -0.39 is 0 Å². The molecule has 0 saturated heterocycles. The first-order valence-electron chi connectivity index (χ1n) is 7.62. The second-order valence-electron chi connectivity index (χ2n) is 5.86. The van der Waals surface area contributed by atoms with Crippen LogP contribution in [-0.2, 0) is 11.2 Å². The van der Waals surface area contributed by atoms with E-state index in [-0.39, 0.29) is 17.9 Å². The number of aryl methyl sites for hydroxylation is 3. The highest BCUT2D eigenvalue weighted by Crippen LogP contribution is 2.26. The van der Waals surface area contributed by atoms with Gasteiger partial charge < -0.3 is 15.2 Å². The van der Waals surface area contributed by atoms with Gasteiger partial charge in [-0.1, -0.05) is 17.3 Å². The van der Waals surface area contributed by atoms with Crippen LogP contribution in [0.5, 0.6) is 0 Å². The second-order valence-corrected chi connectivity index (χ2v) is 5.86. The van der Waals surface area contributed by atoms with E-state index in [2.05, 4.69) is 15.8 Å². The Labute approximate surface area is 134 Å². The lowest BCUT2D eigenvalue weighted by Crippen LogP contribution is -2.28. The normalized spacial score (nSPS) is 14.8. The molecule has 120 valence electrons. The molecule has 0 fully saturated rings. The van der Waals surface area contributed by atoms with Crippen molar-refractivity contribution in [3.05, 3.63) is 46.3 Å². The van der Waals surface area contributed by atoms with Crippen LogP contribution >= 0.6 is 0 Å². The van der Waals surface area contributed by atoms with Gasteiger partial charge in [0.05, 0.1) is 11.7 Å². The smallest absolute Gasteiger partial charge is 0.257 e. The number of fused-ring (bicyclic) bond motifs is 1. The third kappa shape index (κ3) is 2.97. The fourth-order valence-electron chi connectivity index (χ4n) is 2.83. The van der Waals surface area contributed by atoms with E-state index >= 15 is 0 Å². The van der Waals surface area contributed by atoms with Crippen LogP contribution in [0.1, 0.15) is 52.3 Å². The molecule has 0 bridgehead atoms. The molecule has 0 aliphatic carbocycles. The number of carbonyl (C=O) groups excluding carboxylic acids is 2. The summed E-state index contributed by atoms with van der Waals surface area (Å²) in [6.07, 6.45) is 1.22. The maximum Gasteiger partial charge on any atom is 0.257 e. The first kappa shape index (κ1) is 15.3. The molecule has 0 radical (unpaired) electrons. The van der Waals surface area contributed by atoms with E-state index in [0.717, 1.165) is 23.2 Å². The number of aromatic nitrogens is 1. The monoisotopic (exact) mass is 313 g/mol. The number of carbonyl (C=O) groups is 2. The third-order valence-corrected chi connectivity index (χ3v) is 4.13. The zero-order chi connectivity index (χ0) is 16.6. The van der Waals surface area contributed by atoms with Crippen molar-refractivity contribution >= 4 is 17.5 Å². The Morgan fingerprint density at radius 3 is 2.83 bits per heavy atom. The molecule has 1 aromatic heterocycles. The summed E-state index contributed by atoms with van der Waals surface area (Å²) in [6, 6.07) is 5.69. The average molecular weight is 313 g/mol. The third-order valence-electron chi connectivity index (χ3n) is 4.13. The first-order valence-corrected chi connectivity index (χ1v) is 7.62. The van der Waals surface area contributed by atoms with E-state index in [9.17, 15) is 9.59 Å². The van der Waals surface area contributed by atoms with Crippen molar-refractivity contribution in [3.63, 3.8) is 0 Å². The first-order chi connectivity index (χ1) is 11.0. The van der Waals surface area contributed by atoms with E-state index in [0.29, 0.717) is 23.4 Å². The molecule has 3 rings (SSSR count). The van der Waals surface area contributed by atoms with Crippen LogP contribution < -0.4 is 10.6 Å². The number of hydrogen-bond donors (Lipinski definition) is 2. The lowest BCUT2D eigenvalue weighted by molar-refractivity contribution is -0.116. The molecule has 1 aromatic carbocycles. The molecule has 2 N–H and O–H groups in total. The van der Waals surface area contributed by atoms with Crippen LogP contribution in [0.4, 0.5) is 5.69 Å². The number of benzene rings is 1. The Kier molecular flexibility index (Phi) is 3.90. The van der Waals surface area contributed by atoms with Gasteiger partial charge in [-0.15, -0.1) is 0 Å². The summed E-state index contributed by atoms with van der Waals surface area (Å²) >= 11 is 0. The molecule has 6 heteroatoms. The molecule has 2 heterocycles. The average Bonchev–Trinajstić information content (AvgIpc) is 2.85. The van der Waals surface area contributed by atoms with Gasteiger partial charge in [0.25, 0.3) is 5.91 Å². The molecule has 2 aromatic rings. The fraction of sp³-hybridized carbons (Fsp3) is 0.353. The second kappa shape index (κ2) is 5.87. The Morgan fingerprint density at radius 2 is 2.13 bits per heavy atom. The van der Waals surface area contributed by atoms with Gasteiger partial charge in [-0.3, -0.25) is 9.59 Å². The maximum absolute atomic E-state index is 12.4. The topological polar surface area (TPSA) is 84.2 Å². The summed E-state index contributed by atoms with van der Waals surface area (Å²) in [7, 11) is 0. The van der Waals surface area contributed by atoms with Gasteiger partial charge in [0.2, 0.25) is 5.91 Å². The SMILES string of the molecule is Cc1noc(C)c1C(=O)NC(C)c1ccc2c(c1)CCC(=O)N2. The van der Waals surface area contributed by atoms with Gasteiger partial charge in [-0.05, 0) is 44.4 Å². The van der Waals surface area contributed by atoms with Gasteiger partial charge in [-0.25, -0.2) is 0 Å². The lowest BCUT2D eigenvalue weighted by atomic mass is 9.97. The molecule has 1 aliphatic rings. The Morgan fingerprint density at radius 1 is 1.35 bits per heavy atom. The number of nitrogens with one attached hydrogen (secondary N) is 2. The van der Waals surface area contributed by atoms with Crippen LogP contribution in [0.2, 0.25) is 0 Å². The number of amides is 2. The fourth-order valence-corrected chi connectivity index (χ4v) is 2.83. The summed E-state index contributed by atoms with van der Waals surface area (Å²) in [6.45, 7) is 5.40. The van der Waals surface area contributed by atoms with Crippen molar-refractivity contribution in [2.75, 3.05) is 5.32 Å². The Balaban J connectivity index is 1.77. The molecule has 0 spiro atoms. The number of rotatable bonds is 3. The van der Waals surface area contributed by atoms with Crippen molar-refractivity contribution in [1.82, 2.24) is 10.5 Å². The molecule has 1 unspecified atom stereocenters. The molecule has 6 nitrogen and oxygen atoms in total. The summed E-state index contributed by atoms with van der Waals surface area (Å²) in [5, 5.41) is 9.63. The van der Waals surface area contributed by atoms with E-state index in [1.54, 1.807) is 13.8 Å². The maximum atomic E-state index is 12.4. The molecular formula is C17H19N3O3. The van der Waals surface area contributed by atoms with Crippen LogP contribution in [0.3, 0.4) is 0 Å². The number of nitrogens with zero attached hydrogens (tertiary/aromatic N) is 1. The van der Waals surface area contributed by atoms with Gasteiger partial charge in [0, 0.05) is 12.1 Å². The zero-order valence-electron chi connectivity index (χ0n) is 13.4. The van der Waals surface area contributed by atoms with Crippen molar-refractivity contribution in [1.29, 1.82) is 0 Å². The van der Waals surface area contributed by atoms with Crippen molar-refractivity contribution in [2.45, 2.75) is 39.7 Å². The standard InChI is InChI=1S/C17H19N3O3/c1-9(18-17(22)16-10(2)20-23-11(16)3)12-4-6-14-13(8-12)5-7-15(21)19-14/h4,6,8-9H,5,7H2,1-3H3,(H,18,22)(H,19,21). The number of hydrogen-bond acceptors (Lipinski definition) is 4. The molecule has 2 amide bonds. The van der Waals surface area contributed by atoms with Crippen LogP contribution in [-0.4, -0.2) is 17.0 Å². The lowest BCUT2D eigenvalue weighted by Gasteiger charge is -2.20.